The van der Waals surface area contributed by atoms with Crippen LogP contribution >= 0.6 is 11.6 Å². The molecule has 2 N–H and O–H groups in total. The number of hydrogen-bond acceptors (Lipinski definition) is 3. The topological polar surface area (TPSA) is 53.6 Å². The predicted molar refractivity (Wildman–Crippen MR) is 81.7 cm³/mol. The van der Waals surface area contributed by atoms with E-state index in [1.165, 1.54) is 0 Å². The first kappa shape index (κ1) is 14.9. The molecule has 0 aliphatic carbocycles. The SMILES string of the molecule is CN(C)c1c(Cl)cccc1NC(=O)NC[C@@H]1CCOC1. The van der Waals surface area contributed by atoms with Gasteiger partial charge in [-0.15, -0.1) is 0 Å². The van der Waals surface area contributed by atoms with Crippen LogP contribution in [-0.2, 0) is 4.74 Å². The molecule has 2 amide bonds. The fourth-order valence-corrected chi connectivity index (χ4v) is 2.56. The zero-order valence-electron chi connectivity index (χ0n) is 11.8. The van der Waals surface area contributed by atoms with Gasteiger partial charge in [0.2, 0.25) is 0 Å². The third-order valence-corrected chi connectivity index (χ3v) is 3.56. The number of halogens is 1. The Morgan fingerprint density at radius 2 is 2.30 bits per heavy atom. The Morgan fingerprint density at radius 1 is 1.50 bits per heavy atom. The summed E-state index contributed by atoms with van der Waals surface area (Å²) in [6.07, 6.45) is 1.00. The lowest BCUT2D eigenvalue weighted by Gasteiger charge is -2.20. The summed E-state index contributed by atoms with van der Waals surface area (Å²) in [5.41, 5.74) is 1.50. The van der Waals surface area contributed by atoms with Crippen LogP contribution in [-0.4, -0.2) is 39.9 Å². The normalized spacial score (nSPS) is 17.9. The Labute approximate surface area is 124 Å². The van der Waals surface area contributed by atoms with Crippen molar-refractivity contribution in [3.8, 4) is 0 Å². The van der Waals surface area contributed by atoms with E-state index in [4.69, 9.17) is 16.3 Å². The van der Waals surface area contributed by atoms with Crippen LogP contribution in [0.3, 0.4) is 0 Å². The number of anilines is 2. The Balaban J connectivity index is 1.95. The number of benzene rings is 1. The summed E-state index contributed by atoms with van der Waals surface area (Å²) in [6, 6.07) is 5.23. The van der Waals surface area contributed by atoms with Crippen molar-refractivity contribution < 1.29 is 9.53 Å². The second-order valence-corrected chi connectivity index (χ2v) is 5.50. The highest BCUT2D eigenvalue weighted by Gasteiger charge is 2.17. The molecule has 5 nitrogen and oxygen atoms in total. The number of urea groups is 1. The summed E-state index contributed by atoms with van der Waals surface area (Å²) < 4.78 is 5.28. The molecule has 1 aromatic rings. The van der Waals surface area contributed by atoms with Gasteiger partial charge >= 0.3 is 6.03 Å². The monoisotopic (exact) mass is 297 g/mol. The maximum atomic E-state index is 11.9. The molecule has 1 saturated heterocycles. The van der Waals surface area contributed by atoms with E-state index in [9.17, 15) is 4.79 Å². The van der Waals surface area contributed by atoms with Crippen molar-refractivity contribution in [2.24, 2.45) is 5.92 Å². The molecule has 0 unspecified atom stereocenters. The summed E-state index contributed by atoms with van der Waals surface area (Å²) >= 11 is 6.16. The highest BCUT2D eigenvalue weighted by molar-refractivity contribution is 6.34. The van der Waals surface area contributed by atoms with E-state index in [0.29, 0.717) is 23.2 Å². The van der Waals surface area contributed by atoms with Crippen molar-refractivity contribution in [3.63, 3.8) is 0 Å². The van der Waals surface area contributed by atoms with Gasteiger partial charge in [0.25, 0.3) is 0 Å². The van der Waals surface area contributed by atoms with Crippen molar-refractivity contribution in [1.29, 1.82) is 0 Å². The number of nitrogens with zero attached hydrogens (tertiary/aromatic N) is 1. The maximum Gasteiger partial charge on any atom is 0.319 e. The summed E-state index contributed by atoms with van der Waals surface area (Å²) in [5, 5.41) is 6.32. The summed E-state index contributed by atoms with van der Waals surface area (Å²) in [4.78, 5) is 13.8. The van der Waals surface area contributed by atoms with E-state index in [0.717, 1.165) is 25.3 Å². The average Bonchev–Trinajstić information content (AvgIpc) is 2.89. The standard InChI is InChI=1S/C14H20ClN3O2/c1-18(2)13-11(15)4-3-5-12(13)17-14(19)16-8-10-6-7-20-9-10/h3-5,10H,6-9H2,1-2H3,(H2,16,17,19)/t10-/m0/s1. The number of carbonyl (C=O) groups is 1. The van der Waals surface area contributed by atoms with E-state index in [1.54, 1.807) is 6.07 Å². The third-order valence-electron chi connectivity index (χ3n) is 3.26. The van der Waals surface area contributed by atoms with Gasteiger partial charge in [0, 0.05) is 33.2 Å². The third kappa shape index (κ3) is 3.77. The van der Waals surface area contributed by atoms with Gasteiger partial charge in [0.15, 0.2) is 0 Å². The molecule has 1 heterocycles. The zero-order chi connectivity index (χ0) is 14.5. The summed E-state index contributed by atoms with van der Waals surface area (Å²) in [6.45, 7) is 2.14. The van der Waals surface area contributed by atoms with E-state index < -0.39 is 0 Å². The molecule has 0 radical (unpaired) electrons. The van der Waals surface area contributed by atoms with E-state index in [2.05, 4.69) is 10.6 Å². The number of para-hydroxylation sites is 1. The van der Waals surface area contributed by atoms with Gasteiger partial charge < -0.3 is 20.3 Å². The lowest BCUT2D eigenvalue weighted by molar-refractivity contribution is 0.185. The van der Waals surface area contributed by atoms with Crippen molar-refractivity contribution in [3.05, 3.63) is 23.2 Å². The number of ether oxygens (including phenoxy) is 1. The molecule has 1 atom stereocenters. The molecule has 0 bridgehead atoms. The van der Waals surface area contributed by atoms with Crippen molar-refractivity contribution in [1.82, 2.24) is 5.32 Å². The predicted octanol–water partition coefficient (Wildman–Crippen LogP) is 2.56. The minimum atomic E-state index is -0.220. The zero-order valence-corrected chi connectivity index (χ0v) is 12.5. The Bertz CT molecular complexity index is 473. The van der Waals surface area contributed by atoms with Crippen LogP contribution in [0.5, 0.6) is 0 Å². The minimum absolute atomic E-state index is 0.220. The van der Waals surface area contributed by atoms with Gasteiger partial charge in [0.05, 0.1) is 23.0 Å². The second-order valence-electron chi connectivity index (χ2n) is 5.10. The van der Waals surface area contributed by atoms with Crippen LogP contribution in [0.2, 0.25) is 5.02 Å². The molecule has 1 fully saturated rings. The van der Waals surface area contributed by atoms with E-state index in [1.807, 2.05) is 31.1 Å². The lowest BCUT2D eigenvalue weighted by Crippen LogP contribution is -2.33. The van der Waals surface area contributed by atoms with Crippen LogP contribution in [0.15, 0.2) is 18.2 Å². The largest absolute Gasteiger partial charge is 0.381 e. The Morgan fingerprint density at radius 3 is 2.95 bits per heavy atom. The van der Waals surface area contributed by atoms with Gasteiger partial charge in [0.1, 0.15) is 0 Å². The van der Waals surface area contributed by atoms with Gasteiger partial charge in [-0.25, -0.2) is 4.79 Å². The van der Waals surface area contributed by atoms with Gasteiger partial charge in [-0.2, -0.15) is 0 Å². The first-order valence-electron chi connectivity index (χ1n) is 6.66. The van der Waals surface area contributed by atoms with Crippen LogP contribution in [0, 0.1) is 5.92 Å². The summed E-state index contributed by atoms with van der Waals surface area (Å²) in [5.74, 6) is 0.411. The van der Waals surface area contributed by atoms with Crippen molar-refractivity contribution in [2.45, 2.75) is 6.42 Å². The average molecular weight is 298 g/mol. The first-order chi connectivity index (χ1) is 9.58. The van der Waals surface area contributed by atoms with Crippen molar-refractivity contribution in [2.75, 3.05) is 44.1 Å². The molecule has 20 heavy (non-hydrogen) atoms. The smallest absolute Gasteiger partial charge is 0.319 e. The molecule has 2 rings (SSSR count). The highest BCUT2D eigenvalue weighted by Crippen LogP contribution is 2.32. The molecule has 1 aromatic carbocycles. The van der Waals surface area contributed by atoms with Crippen LogP contribution in [0.1, 0.15) is 6.42 Å². The van der Waals surface area contributed by atoms with E-state index in [-0.39, 0.29) is 6.03 Å². The quantitative estimate of drug-likeness (QED) is 0.898. The maximum absolute atomic E-state index is 11.9. The highest BCUT2D eigenvalue weighted by atomic mass is 35.5. The van der Waals surface area contributed by atoms with Crippen molar-refractivity contribution >= 4 is 29.0 Å². The Hall–Kier alpha value is -1.46. The number of hydrogen-bond donors (Lipinski definition) is 2. The van der Waals surface area contributed by atoms with Crippen LogP contribution in [0.25, 0.3) is 0 Å². The van der Waals surface area contributed by atoms with Gasteiger partial charge in [-0.1, -0.05) is 17.7 Å². The fourth-order valence-electron chi connectivity index (χ4n) is 2.22. The van der Waals surface area contributed by atoms with Crippen LogP contribution in [0.4, 0.5) is 16.2 Å². The van der Waals surface area contributed by atoms with E-state index >= 15 is 0 Å². The molecule has 0 saturated carbocycles. The number of rotatable bonds is 4. The molecule has 0 spiro atoms. The van der Waals surface area contributed by atoms with Gasteiger partial charge in [-0.3, -0.25) is 0 Å². The first-order valence-corrected chi connectivity index (χ1v) is 7.04. The fraction of sp³-hybridized carbons (Fsp3) is 0.500. The lowest BCUT2D eigenvalue weighted by atomic mass is 10.1. The Kier molecular flexibility index (Phi) is 5.09. The second kappa shape index (κ2) is 6.81. The molecule has 0 aromatic heterocycles. The number of carbonyl (C=O) groups excluding carboxylic acids is 1. The molecule has 1 aliphatic rings. The van der Waals surface area contributed by atoms with Gasteiger partial charge in [-0.05, 0) is 18.6 Å². The molecular formula is C14H20ClN3O2. The molecule has 6 heteroatoms. The molecular weight excluding hydrogens is 278 g/mol. The number of nitrogens with one attached hydrogen (secondary N) is 2. The molecule has 110 valence electrons. The number of amides is 2. The summed E-state index contributed by atoms with van der Waals surface area (Å²) in [7, 11) is 3.78. The minimum Gasteiger partial charge on any atom is -0.381 e. The molecule has 1 aliphatic heterocycles. The van der Waals surface area contributed by atoms with Crippen LogP contribution < -0.4 is 15.5 Å².